The van der Waals surface area contributed by atoms with Crippen molar-refractivity contribution in [2.75, 3.05) is 0 Å². The number of aryl methyl sites for hydroxylation is 2. The number of carbonyl (C=O) groups excluding carboxylic acids is 2. The molecule has 0 spiro atoms. The molecule has 0 saturated carbocycles. The Bertz CT molecular complexity index is 813. The molecule has 0 bridgehead atoms. The van der Waals surface area contributed by atoms with Crippen molar-refractivity contribution in [3.8, 4) is 0 Å². The van der Waals surface area contributed by atoms with Gasteiger partial charge in [-0.15, -0.1) is 0 Å². The van der Waals surface area contributed by atoms with Gasteiger partial charge in [-0.05, 0) is 50.7 Å². The van der Waals surface area contributed by atoms with Gasteiger partial charge in [0.2, 0.25) is 0 Å². The van der Waals surface area contributed by atoms with Gasteiger partial charge in [0.1, 0.15) is 0 Å². The summed E-state index contributed by atoms with van der Waals surface area (Å²) in [6.45, 7) is 8.42. The highest BCUT2D eigenvalue weighted by Crippen LogP contribution is 2.45. The maximum atomic E-state index is 13.9. The van der Waals surface area contributed by atoms with Gasteiger partial charge in [-0.3, -0.25) is 9.59 Å². The largest absolute Gasteiger partial charge is 0.293 e. The van der Waals surface area contributed by atoms with E-state index < -0.39 is 0 Å². The van der Waals surface area contributed by atoms with Crippen LogP contribution in [-0.4, -0.2) is 11.6 Å². The molecule has 0 fully saturated rings. The van der Waals surface area contributed by atoms with Gasteiger partial charge in [0.25, 0.3) is 0 Å². The Balaban J connectivity index is 1.88. The zero-order valence-electron chi connectivity index (χ0n) is 20.8. The van der Waals surface area contributed by atoms with Crippen LogP contribution in [0.2, 0.25) is 0 Å². The average molecular weight is 435 g/mol. The summed E-state index contributed by atoms with van der Waals surface area (Å²) in [6.07, 6.45) is 18.4. The summed E-state index contributed by atoms with van der Waals surface area (Å²) in [4.78, 5) is 27.7. The van der Waals surface area contributed by atoms with Gasteiger partial charge in [0.15, 0.2) is 11.6 Å². The second kappa shape index (κ2) is 11.8. The molecule has 2 atom stereocenters. The van der Waals surface area contributed by atoms with Gasteiger partial charge in [-0.1, -0.05) is 101 Å². The van der Waals surface area contributed by atoms with E-state index in [0.29, 0.717) is 11.1 Å². The number of fused-ring (bicyclic) bond motifs is 2. The molecule has 2 nitrogen and oxygen atoms in total. The van der Waals surface area contributed by atoms with Crippen LogP contribution in [0, 0.1) is 25.7 Å². The number of rotatable bonds is 12. The van der Waals surface area contributed by atoms with E-state index in [-0.39, 0.29) is 23.4 Å². The van der Waals surface area contributed by atoms with Crippen LogP contribution in [0.5, 0.6) is 0 Å². The first kappa shape index (κ1) is 24.7. The third kappa shape index (κ3) is 5.33. The smallest absolute Gasteiger partial charge is 0.172 e. The molecular weight excluding hydrogens is 392 g/mol. The van der Waals surface area contributed by atoms with E-state index in [1.54, 1.807) is 0 Å². The molecule has 0 amide bonds. The number of hydrogen-bond donors (Lipinski definition) is 0. The summed E-state index contributed by atoms with van der Waals surface area (Å²) >= 11 is 0. The Kier molecular flexibility index (Phi) is 9.08. The highest BCUT2D eigenvalue weighted by molar-refractivity contribution is 6.19. The third-order valence-electron chi connectivity index (χ3n) is 7.46. The van der Waals surface area contributed by atoms with Crippen molar-refractivity contribution in [3.05, 3.63) is 57.7 Å². The van der Waals surface area contributed by atoms with Crippen LogP contribution in [0.15, 0.2) is 35.4 Å². The lowest BCUT2D eigenvalue weighted by Crippen LogP contribution is -2.41. The molecule has 0 N–H and O–H groups in total. The number of Topliss-reactive ketones (excluding diaryl/α,β-unsaturated/α-hetero) is 2. The van der Waals surface area contributed by atoms with Crippen molar-refractivity contribution in [3.63, 3.8) is 0 Å². The van der Waals surface area contributed by atoms with E-state index in [1.165, 1.54) is 62.5 Å². The fourth-order valence-corrected chi connectivity index (χ4v) is 5.59. The minimum absolute atomic E-state index is 0.183. The summed E-state index contributed by atoms with van der Waals surface area (Å²) in [7, 11) is 0. The molecule has 0 heterocycles. The number of allylic oxidation sites excluding steroid dienone is 4. The van der Waals surface area contributed by atoms with Gasteiger partial charge >= 0.3 is 0 Å². The Hall–Kier alpha value is -1.96. The van der Waals surface area contributed by atoms with Gasteiger partial charge in [-0.2, -0.15) is 0 Å². The average Bonchev–Trinajstić information content (AvgIpc) is 2.78. The molecule has 1 aromatic carbocycles. The highest BCUT2D eigenvalue weighted by Gasteiger charge is 2.46. The maximum Gasteiger partial charge on any atom is 0.172 e. The lowest BCUT2D eigenvalue weighted by atomic mass is 9.63. The van der Waals surface area contributed by atoms with Crippen molar-refractivity contribution in [2.45, 2.75) is 105 Å². The predicted octanol–water partition coefficient (Wildman–Crippen LogP) is 8.50. The molecule has 174 valence electrons. The Labute approximate surface area is 195 Å². The second-order valence-corrected chi connectivity index (χ2v) is 9.94. The standard InChI is InChI=1S/C30H42O2/c1-5-7-9-11-13-15-23-19-20-24(16-14-12-10-8-6-2)28-27(23)29(31)25-21(3)17-18-22(4)26(25)30(28)32/h17-20,27-28H,5-16H2,1-4H3. The predicted molar refractivity (Wildman–Crippen MR) is 134 cm³/mol. The molecule has 2 heteroatoms. The van der Waals surface area contributed by atoms with Crippen molar-refractivity contribution in [1.29, 1.82) is 0 Å². The summed E-state index contributed by atoms with van der Waals surface area (Å²) in [5.41, 5.74) is 5.65. The van der Waals surface area contributed by atoms with Crippen molar-refractivity contribution in [1.82, 2.24) is 0 Å². The number of benzene rings is 1. The summed E-state index contributed by atoms with van der Waals surface area (Å²) < 4.78 is 0. The molecule has 2 unspecified atom stereocenters. The van der Waals surface area contributed by atoms with Gasteiger partial charge in [0, 0.05) is 11.1 Å². The van der Waals surface area contributed by atoms with Crippen LogP contribution in [-0.2, 0) is 0 Å². The minimum Gasteiger partial charge on any atom is -0.293 e. The molecule has 2 aliphatic carbocycles. The first-order valence-electron chi connectivity index (χ1n) is 13.1. The van der Waals surface area contributed by atoms with Gasteiger partial charge in [0.05, 0.1) is 11.8 Å². The molecular formula is C30H42O2. The van der Waals surface area contributed by atoms with Gasteiger partial charge in [-0.25, -0.2) is 0 Å². The summed E-state index contributed by atoms with van der Waals surface area (Å²) in [5.74, 6) is -0.195. The van der Waals surface area contributed by atoms with Crippen molar-refractivity contribution >= 4 is 11.6 Å². The SMILES string of the molecule is CCCCCCCC1=CC=C(CCCCCCC)C2C(=O)c3c(C)ccc(C)c3C(=O)C12. The van der Waals surface area contributed by atoms with E-state index in [9.17, 15) is 9.59 Å². The summed E-state index contributed by atoms with van der Waals surface area (Å²) in [5, 5.41) is 0. The maximum absolute atomic E-state index is 13.9. The Morgan fingerprint density at radius 1 is 0.594 bits per heavy atom. The zero-order chi connectivity index (χ0) is 23.1. The van der Waals surface area contributed by atoms with Crippen LogP contribution in [0.25, 0.3) is 0 Å². The van der Waals surface area contributed by atoms with E-state index in [0.717, 1.165) is 36.8 Å². The second-order valence-electron chi connectivity index (χ2n) is 9.94. The minimum atomic E-state index is -0.280. The number of unbranched alkanes of at least 4 members (excludes halogenated alkanes) is 8. The molecule has 2 aliphatic rings. The molecule has 3 rings (SSSR count). The lowest BCUT2D eigenvalue weighted by molar-refractivity contribution is 0.0779. The normalized spacial score (nSPS) is 20.0. The molecule has 0 saturated heterocycles. The van der Waals surface area contributed by atoms with Crippen LogP contribution in [0.4, 0.5) is 0 Å². The fraction of sp³-hybridized carbons (Fsp3) is 0.600. The molecule has 0 radical (unpaired) electrons. The Morgan fingerprint density at radius 2 is 0.969 bits per heavy atom. The number of carbonyl (C=O) groups is 2. The van der Waals surface area contributed by atoms with Crippen LogP contribution in [0.1, 0.15) is 123 Å². The molecule has 0 aliphatic heterocycles. The first-order chi connectivity index (χ1) is 15.5. The molecule has 32 heavy (non-hydrogen) atoms. The van der Waals surface area contributed by atoms with E-state index >= 15 is 0 Å². The number of hydrogen-bond acceptors (Lipinski definition) is 2. The fourth-order valence-electron chi connectivity index (χ4n) is 5.59. The van der Waals surface area contributed by atoms with E-state index in [1.807, 2.05) is 26.0 Å². The number of ketones is 2. The quantitative estimate of drug-likeness (QED) is 0.309. The van der Waals surface area contributed by atoms with E-state index in [4.69, 9.17) is 0 Å². The van der Waals surface area contributed by atoms with Gasteiger partial charge < -0.3 is 0 Å². The van der Waals surface area contributed by atoms with Crippen LogP contribution >= 0.6 is 0 Å². The van der Waals surface area contributed by atoms with Crippen LogP contribution < -0.4 is 0 Å². The summed E-state index contributed by atoms with van der Waals surface area (Å²) in [6, 6.07) is 4.00. The Morgan fingerprint density at radius 3 is 1.34 bits per heavy atom. The molecule has 1 aromatic rings. The molecule has 0 aromatic heterocycles. The van der Waals surface area contributed by atoms with Crippen molar-refractivity contribution in [2.24, 2.45) is 11.8 Å². The monoisotopic (exact) mass is 434 g/mol. The van der Waals surface area contributed by atoms with Crippen LogP contribution in [0.3, 0.4) is 0 Å². The zero-order valence-corrected chi connectivity index (χ0v) is 20.8. The van der Waals surface area contributed by atoms with Crippen molar-refractivity contribution < 1.29 is 9.59 Å². The highest BCUT2D eigenvalue weighted by atomic mass is 16.1. The lowest BCUT2D eigenvalue weighted by Gasteiger charge is -2.37. The topological polar surface area (TPSA) is 34.1 Å². The third-order valence-corrected chi connectivity index (χ3v) is 7.46. The first-order valence-corrected chi connectivity index (χ1v) is 13.1. The van der Waals surface area contributed by atoms with E-state index in [2.05, 4.69) is 26.0 Å².